The van der Waals surface area contributed by atoms with Crippen LogP contribution >= 0.6 is 0 Å². The number of aromatic nitrogens is 3. The van der Waals surface area contributed by atoms with Crippen molar-refractivity contribution in [2.24, 2.45) is 11.7 Å². The molecule has 3 aromatic rings. The molecule has 0 spiro atoms. The lowest BCUT2D eigenvalue weighted by Gasteiger charge is -2.57. The van der Waals surface area contributed by atoms with E-state index in [1.807, 2.05) is 23.1 Å². The Balaban J connectivity index is 1.35. The van der Waals surface area contributed by atoms with Gasteiger partial charge in [-0.15, -0.1) is 0 Å². The highest BCUT2D eigenvalue weighted by Crippen LogP contribution is 2.36. The van der Waals surface area contributed by atoms with Crippen LogP contribution < -0.4 is 15.4 Å². The van der Waals surface area contributed by atoms with Crippen LogP contribution in [0.5, 0.6) is 5.75 Å². The number of nitriles is 1. The van der Waals surface area contributed by atoms with Gasteiger partial charge in [-0.3, -0.25) is 4.79 Å². The van der Waals surface area contributed by atoms with E-state index in [1.54, 1.807) is 30.8 Å². The number of piperidine rings is 1. The fraction of sp³-hybridized carbons (Fsp3) is 0.500. The number of aliphatic hydroxyl groups is 1. The fourth-order valence-electron chi connectivity index (χ4n) is 5.43. The van der Waals surface area contributed by atoms with E-state index in [2.05, 4.69) is 29.9 Å². The SMILES string of the molecule is CC(C)CC(N)C(=O)N1C2CC1CN(c1ccc(-c3cc(OCC(C)(C)O)cn4ncc(C#N)c34)cn1)C2. The molecule has 10 heteroatoms. The lowest BCUT2D eigenvalue weighted by Crippen LogP contribution is -2.72. The Labute approximate surface area is 222 Å². The zero-order valence-corrected chi connectivity index (χ0v) is 22.3. The average Bonchev–Trinajstić information content (AvgIpc) is 3.29. The van der Waals surface area contributed by atoms with Crippen LogP contribution in [0.15, 0.2) is 36.8 Å². The van der Waals surface area contributed by atoms with Crippen molar-refractivity contribution < 1.29 is 14.6 Å². The standard InChI is InChI=1S/C28H35N7O3/c1-17(2)7-24(30)27(36)35-20-8-21(35)14-33(13-20)25-6-5-18(11-31-25)23-9-22(38-16-28(3,4)37)15-34-26(23)19(10-29)12-32-34/h5-6,9,11-12,15,17,20-21,24,37H,7-8,13-14,16,30H2,1-4H3. The molecule has 2 bridgehead atoms. The van der Waals surface area contributed by atoms with Gasteiger partial charge in [0, 0.05) is 30.4 Å². The average molecular weight is 518 g/mol. The smallest absolute Gasteiger partial charge is 0.240 e. The molecule has 3 atom stereocenters. The third kappa shape index (κ3) is 5.04. The number of fused-ring (bicyclic) bond motifs is 3. The summed E-state index contributed by atoms with van der Waals surface area (Å²) < 4.78 is 7.44. The second kappa shape index (κ2) is 9.89. The Bertz CT molecular complexity index is 1360. The number of ether oxygens (including phenoxy) is 1. The van der Waals surface area contributed by atoms with Crippen LogP contribution in [0.2, 0.25) is 0 Å². The van der Waals surface area contributed by atoms with Gasteiger partial charge in [0.05, 0.1) is 47.2 Å². The Morgan fingerprint density at radius 1 is 1.29 bits per heavy atom. The van der Waals surface area contributed by atoms with Crippen molar-refractivity contribution in [2.75, 3.05) is 24.6 Å². The summed E-state index contributed by atoms with van der Waals surface area (Å²) in [7, 11) is 0. The molecule has 0 radical (unpaired) electrons. The number of rotatable bonds is 8. The monoisotopic (exact) mass is 517 g/mol. The highest BCUT2D eigenvalue weighted by molar-refractivity contribution is 5.85. The number of carbonyl (C=O) groups excluding carboxylic acids is 1. The molecule has 1 amide bonds. The number of hydrogen-bond donors (Lipinski definition) is 2. The Hall–Kier alpha value is -3.68. The molecule has 0 aliphatic carbocycles. The fourth-order valence-corrected chi connectivity index (χ4v) is 5.43. The molecular formula is C28H35N7O3. The summed E-state index contributed by atoms with van der Waals surface area (Å²) in [5.41, 5.74) is 7.91. The largest absolute Gasteiger partial charge is 0.489 e. The van der Waals surface area contributed by atoms with Crippen molar-refractivity contribution in [3.05, 3.63) is 42.4 Å². The van der Waals surface area contributed by atoms with Gasteiger partial charge >= 0.3 is 0 Å². The maximum absolute atomic E-state index is 12.9. The lowest BCUT2D eigenvalue weighted by atomic mass is 9.86. The normalized spacial score (nSPS) is 19.8. The van der Waals surface area contributed by atoms with Crippen LogP contribution in [-0.4, -0.2) is 73.9 Å². The zero-order chi connectivity index (χ0) is 27.2. The predicted molar refractivity (Wildman–Crippen MR) is 144 cm³/mol. The second-order valence-corrected chi connectivity index (χ2v) is 11.5. The van der Waals surface area contributed by atoms with E-state index in [-0.39, 0.29) is 24.6 Å². The molecule has 3 aliphatic rings. The summed E-state index contributed by atoms with van der Waals surface area (Å²) in [4.78, 5) is 21.8. The first-order valence-corrected chi connectivity index (χ1v) is 13.1. The quantitative estimate of drug-likeness (QED) is 0.466. The van der Waals surface area contributed by atoms with Crippen molar-refractivity contribution in [3.63, 3.8) is 0 Å². The van der Waals surface area contributed by atoms with Crippen molar-refractivity contribution in [3.8, 4) is 22.9 Å². The van der Waals surface area contributed by atoms with Gasteiger partial charge < -0.3 is 25.4 Å². The summed E-state index contributed by atoms with van der Waals surface area (Å²) in [5, 5.41) is 24.0. The van der Waals surface area contributed by atoms with Gasteiger partial charge in [0.2, 0.25) is 5.91 Å². The molecule has 3 aliphatic heterocycles. The summed E-state index contributed by atoms with van der Waals surface area (Å²) in [6, 6.07) is 7.89. The summed E-state index contributed by atoms with van der Waals surface area (Å²) in [6.07, 6.45) is 6.72. The minimum Gasteiger partial charge on any atom is -0.489 e. The van der Waals surface area contributed by atoms with Gasteiger partial charge in [0.15, 0.2) is 0 Å². The highest BCUT2D eigenvalue weighted by atomic mass is 16.5. The van der Waals surface area contributed by atoms with Crippen LogP contribution in [-0.2, 0) is 4.79 Å². The third-order valence-corrected chi connectivity index (χ3v) is 7.17. The van der Waals surface area contributed by atoms with Gasteiger partial charge in [0.25, 0.3) is 0 Å². The van der Waals surface area contributed by atoms with Gasteiger partial charge in [-0.2, -0.15) is 10.4 Å². The van der Waals surface area contributed by atoms with E-state index < -0.39 is 11.6 Å². The van der Waals surface area contributed by atoms with E-state index in [0.29, 0.717) is 29.2 Å². The molecule has 3 unspecified atom stereocenters. The van der Waals surface area contributed by atoms with Crippen LogP contribution in [0.1, 0.15) is 46.1 Å². The molecule has 3 aromatic heterocycles. The summed E-state index contributed by atoms with van der Waals surface area (Å²) >= 11 is 0. The first kappa shape index (κ1) is 25.9. The summed E-state index contributed by atoms with van der Waals surface area (Å²) in [5.74, 6) is 1.83. The van der Waals surface area contributed by atoms with Gasteiger partial charge in [0.1, 0.15) is 24.2 Å². The summed E-state index contributed by atoms with van der Waals surface area (Å²) in [6.45, 7) is 9.09. The van der Waals surface area contributed by atoms with Crippen LogP contribution in [0.4, 0.5) is 5.82 Å². The molecule has 0 saturated carbocycles. The first-order chi connectivity index (χ1) is 18.0. The van der Waals surface area contributed by atoms with Gasteiger partial charge in [-0.05, 0) is 50.8 Å². The number of nitrogens with zero attached hydrogens (tertiary/aromatic N) is 6. The second-order valence-electron chi connectivity index (χ2n) is 11.5. The van der Waals surface area contributed by atoms with Gasteiger partial charge in [-0.25, -0.2) is 9.50 Å². The maximum Gasteiger partial charge on any atom is 0.240 e. The number of hydrogen-bond acceptors (Lipinski definition) is 8. The number of amides is 1. The van der Waals surface area contributed by atoms with Crippen LogP contribution in [0, 0.1) is 17.2 Å². The minimum absolute atomic E-state index is 0.0627. The molecule has 38 heavy (non-hydrogen) atoms. The first-order valence-electron chi connectivity index (χ1n) is 13.1. The molecule has 10 nitrogen and oxygen atoms in total. The van der Waals surface area contributed by atoms with Crippen molar-refractivity contribution >= 4 is 17.2 Å². The Morgan fingerprint density at radius 3 is 2.63 bits per heavy atom. The number of anilines is 1. The Morgan fingerprint density at radius 2 is 2.03 bits per heavy atom. The van der Waals surface area contributed by atoms with E-state index in [9.17, 15) is 15.2 Å². The molecule has 6 rings (SSSR count). The number of carbonyl (C=O) groups is 1. The number of piperazine rings is 1. The minimum atomic E-state index is -0.991. The van der Waals surface area contributed by atoms with Crippen molar-refractivity contribution in [1.29, 1.82) is 5.26 Å². The maximum atomic E-state index is 12.9. The van der Waals surface area contributed by atoms with E-state index in [0.717, 1.165) is 36.5 Å². The third-order valence-electron chi connectivity index (χ3n) is 7.17. The number of pyridine rings is 2. The molecule has 3 saturated heterocycles. The van der Waals surface area contributed by atoms with Crippen molar-refractivity contribution in [2.45, 2.75) is 64.3 Å². The lowest BCUT2D eigenvalue weighted by molar-refractivity contribution is -0.148. The zero-order valence-electron chi connectivity index (χ0n) is 22.3. The molecule has 3 fully saturated rings. The topological polar surface area (TPSA) is 133 Å². The van der Waals surface area contributed by atoms with Crippen molar-refractivity contribution in [1.82, 2.24) is 19.5 Å². The van der Waals surface area contributed by atoms with Crippen LogP contribution in [0.3, 0.4) is 0 Å². The van der Waals surface area contributed by atoms with E-state index >= 15 is 0 Å². The molecule has 200 valence electrons. The van der Waals surface area contributed by atoms with E-state index in [4.69, 9.17) is 15.5 Å². The highest BCUT2D eigenvalue weighted by Gasteiger charge is 2.48. The van der Waals surface area contributed by atoms with Gasteiger partial charge in [-0.1, -0.05) is 13.8 Å². The van der Waals surface area contributed by atoms with Crippen LogP contribution in [0.25, 0.3) is 16.6 Å². The van der Waals surface area contributed by atoms with E-state index in [1.165, 1.54) is 6.20 Å². The number of nitrogens with two attached hydrogens (primary N) is 1. The molecule has 6 heterocycles. The molecular weight excluding hydrogens is 482 g/mol. The Kier molecular flexibility index (Phi) is 6.75. The molecule has 0 aromatic carbocycles. The predicted octanol–water partition coefficient (Wildman–Crippen LogP) is 2.58. The molecule has 3 N–H and O–H groups in total.